The molecule has 3 N–H and O–H groups in total. The summed E-state index contributed by atoms with van der Waals surface area (Å²) in [5.41, 5.74) is 2.29. The van der Waals surface area contributed by atoms with Crippen LogP contribution in [0, 0.1) is 11.3 Å². The lowest BCUT2D eigenvalue weighted by molar-refractivity contribution is -0.137. The number of ether oxygens (including phenoxy) is 1. The van der Waals surface area contributed by atoms with Crippen LogP contribution in [0.1, 0.15) is 31.4 Å². The van der Waals surface area contributed by atoms with E-state index >= 15 is 0 Å². The molecular weight excluding hydrogens is 507 g/mol. The van der Waals surface area contributed by atoms with Crippen LogP contribution in [-0.4, -0.2) is 55.2 Å². The monoisotopic (exact) mass is 539 g/mol. The topological polar surface area (TPSA) is 88.5 Å². The van der Waals surface area contributed by atoms with Gasteiger partial charge < -0.3 is 20.3 Å². The lowest BCUT2D eigenvalue weighted by Gasteiger charge is -2.42. The van der Waals surface area contributed by atoms with Crippen LogP contribution in [0.15, 0.2) is 66.1 Å². The van der Waals surface area contributed by atoms with Crippen LogP contribution in [0.25, 0.3) is 0 Å². The minimum atomic E-state index is -4.51. The Morgan fingerprint density at radius 2 is 1.85 bits per heavy atom. The molecule has 0 spiro atoms. The van der Waals surface area contributed by atoms with Crippen molar-refractivity contribution in [3.8, 4) is 6.07 Å². The van der Waals surface area contributed by atoms with Crippen molar-refractivity contribution in [2.75, 3.05) is 43.1 Å². The Balaban J connectivity index is 1.42. The third-order valence-corrected chi connectivity index (χ3v) is 7.33. The van der Waals surface area contributed by atoms with Gasteiger partial charge in [0.25, 0.3) is 0 Å². The van der Waals surface area contributed by atoms with Gasteiger partial charge in [0.15, 0.2) is 0 Å². The van der Waals surface area contributed by atoms with E-state index in [4.69, 9.17) is 4.74 Å². The van der Waals surface area contributed by atoms with Crippen molar-refractivity contribution in [2.24, 2.45) is 0 Å². The summed E-state index contributed by atoms with van der Waals surface area (Å²) in [6, 6.07) is 12.5. The lowest BCUT2D eigenvalue weighted by Crippen LogP contribution is -2.64. The summed E-state index contributed by atoms with van der Waals surface area (Å²) in [5.74, 6) is -0.112. The van der Waals surface area contributed by atoms with E-state index in [9.17, 15) is 18.4 Å². The average molecular weight is 540 g/mol. The highest BCUT2D eigenvalue weighted by atomic mass is 19.4. The molecule has 3 aliphatic heterocycles. The highest BCUT2D eigenvalue weighted by molar-refractivity contribution is 5.54. The van der Waals surface area contributed by atoms with Crippen LogP contribution in [0.5, 0.6) is 0 Å². The maximum atomic E-state index is 13.7. The largest absolute Gasteiger partial charge is 0.419 e. The zero-order valence-corrected chi connectivity index (χ0v) is 21.9. The Morgan fingerprint density at radius 3 is 2.54 bits per heavy atom. The molecule has 0 saturated carbocycles. The molecule has 0 bridgehead atoms. The molecule has 8 nitrogen and oxygen atoms in total. The first-order valence-corrected chi connectivity index (χ1v) is 13.0. The molecule has 39 heavy (non-hydrogen) atoms. The minimum absolute atomic E-state index is 0.112. The zero-order valence-electron chi connectivity index (χ0n) is 21.9. The van der Waals surface area contributed by atoms with E-state index < -0.39 is 17.2 Å². The van der Waals surface area contributed by atoms with Gasteiger partial charge in [-0.2, -0.15) is 18.4 Å². The number of benzene rings is 1. The van der Waals surface area contributed by atoms with Crippen molar-refractivity contribution in [2.45, 2.75) is 44.3 Å². The maximum absolute atomic E-state index is 13.7. The fourth-order valence-electron chi connectivity index (χ4n) is 5.01. The highest BCUT2D eigenvalue weighted by Gasteiger charge is 2.37. The van der Waals surface area contributed by atoms with Gasteiger partial charge in [-0.05, 0) is 61.7 Å². The van der Waals surface area contributed by atoms with Gasteiger partial charge in [-0.1, -0.05) is 12.1 Å². The molecule has 206 valence electrons. The summed E-state index contributed by atoms with van der Waals surface area (Å²) < 4.78 is 46.7. The predicted octanol–water partition coefficient (Wildman–Crippen LogP) is 4.13. The van der Waals surface area contributed by atoms with Crippen LogP contribution < -0.4 is 20.9 Å². The van der Waals surface area contributed by atoms with Gasteiger partial charge in [-0.3, -0.25) is 10.2 Å². The normalized spacial score (nSPS) is 22.5. The van der Waals surface area contributed by atoms with Gasteiger partial charge in [0.2, 0.25) is 0 Å². The summed E-state index contributed by atoms with van der Waals surface area (Å²) in [7, 11) is 0. The van der Waals surface area contributed by atoms with Crippen LogP contribution in [-0.2, 0) is 16.3 Å². The summed E-state index contributed by atoms with van der Waals surface area (Å²) in [4.78, 5) is 7.88. The van der Waals surface area contributed by atoms with Crippen molar-refractivity contribution in [1.29, 1.82) is 5.26 Å². The molecule has 5 rings (SSSR count). The second-order valence-electron chi connectivity index (χ2n) is 10.3. The van der Waals surface area contributed by atoms with E-state index in [-0.39, 0.29) is 18.3 Å². The van der Waals surface area contributed by atoms with Crippen LogP contribution in [0.2, 0.25) is 0 Å². The van der Waals surface area contributed by atoms with Crippen molar-refractivity contribution in [3.63, 3.8) is 0 Å². The molecule has 0 aliphatic carbocycles. The second-order valence-corrected chi connectivity index (χ2v) is 10.3. The Bertz CT molecular complexity index is 1280. The number of nitrogens with zero attached hydrogens (tertiary/aromatic N) is 4. The Kier molecular flexibility index (Phi) is 7.53. The average Bonchev–Trinajstić information content (AvgIpc) is 3.16. The highest BCUT2D eigenvalue weighted by Crippen LogP contribution is 2.36. The van der Waals surface area contributed by atoms with Crippen LogP contribution in [0.3, 0.4) is 0 Å². The summed E-state index contributed by atoms with van der Waals surface area (Å²) in [5, 5.41) is 20.2. The third-order valence-electron chi connectivity index (χ3n) is 7.33. The molecule has 1 saturated heterocycles. The number of allylic oxidation sites excluding steroid dienone is 1. The third kappa shape index (κ3) is 5.88. The van der Waals surface area contributed by atoms with E-state index in [0.29, 0.717) is 26.2 Å². The van der Waals surface area contributed by atoms with Gasteiger partial charge in [0, 0.05) is 43.4 Å². The molecule has 4 heterocycles. The Labute approximate surface area is 226 Å². The molecule has 2 aromatic rings. The fraction of sp³-hybridized carbons (Fsp3) is 0.429. The lowest BCUT2D eigenvalue weighted by atomic mass is 9.86. The van der Waals surface area contributed by atoms with E-state index in [1.54, 1.807) is 11.1 Å². The van der Waals surface area contributed by atoms with Crippen molar-refractivity contribution < 1.29 is 17.9 Å². The van der Waals surface area contributed by atoms with Gasteiger partial charge in [0.05, 0.1) is 30.3 Å². The molecule has 1 fully saturated rings. The number of rotatable bonds is 5. The van der Waals surface area contributed by atoms with Crippen LogP contribution >= 0.6 is 0 Å². The molecule has 2 atom stereocenters. The first kappa shape index (κ1) is 27.0. The van der Waals surface area contributed by atoms with Crippen molar-refractivity contribution >= 4 is 11.5 Å². The summed E-state index contributed by atoms with van der Waals surface area (Å²) in [6.07, 6.45) is 0.408. The number of nitrogens with one attached hydrogen (secondary N) is 3. The Hall–Kier alpha value is -3.59. The van der Waals surface area contributed by atoms with Crippen LogP contribution in [0.4, 0.5) is 24.7 Å². The SMILES string of the molecule is CC(C)(C#N)c1ccc(NC2NC(N3CCOCC3)NC3=C2CCN(c2ncccc2C(F)(F)F)C=C3)cc1. The molecule has 1 aromatic carbocycles. The molecule has 0 radical (unpaired) electrons. The molecule has 1 aromatic heterocycles. The number of pyridine rings is 1. The molecular formula is C28H32F3N7O. The van der Waals surface area contributed by atoms with E-state index in [1.807, 2.05) is 44.2 Å². The number of nitriles is 1. The van der Waals surface area contributed by atoms with E-state index in [0.717, 1.165) is 41.7 Å². The summed E-state index contributed by atoms with van der Waals surface area (Å²) >= 11 is 0. The predicted molar refractivity (Wildman–Crippen MR) is 142 cm³/mol. The fourth-order valence-corrected chi connectivity index (χ4v) is 5.01. The smallest absolute Gasteiger partial charge is 0.379 e. The van der Waals surface area contributed by atoms with Crippen molar-refractivity contribution in [3.05, 3.63) is 77.3 Å². The number of alkyl halides is 3. The first-order chi connectivity index (χ1) is 18.7. The number of morpholine rings is 1. The molecule has 3 aliphatic rings. The van der Waals surface area contributed by atoms with Gasteiger partial charge in [-0.25, -0.2) is 4.98 Å². The maximum Gasteiger partial charge on any atom is 0.419 e. The molecule has 0 amide bonds. The molecule has 2 unspecified atom stereocenters. The number of aromatic nitrogens is 1. The number of hydrogen-bond donors (Lipinski definition) is 3. The molecule has 11 heteroatoms. The van der Waals surface area contributed by atoms with E-state index in [2.05, 4.69) is 31.9 Å². The van der Waals surface area contributed by atoms with Crippen molar-refractivity contribution in [1.82, 2.24) is 20.5 Å². The standard InChI is InChI=1S/C28H32F3N7O/c1-27(2,18-32)19-5-7-20(8-6-19)34-24-21-9-12-37(25-22(28(29,30)31)4-3-11-33-25)13-10-23(21)35-26(36-24)38-14-16-39-17-15-38/h3-8,10-11,13,24,26,34-36H,9,12,14-17H2,1-2H3. The first-order valence-electron chi connectivity index (χ1n) is 13.0. The minimum Gasteiger partial charge on any atom is -0.379 e. The zero-order chi connectivity index (χ0) is 27.6. The van der Waals surface area contributed by atoms with Gasteiger partial charge in [0.1, 0.15) is 18.3 Å². The number of hydrogen-bond acceptors (Lipinski definition) is 8. The Morgan fingerprint density at radius 1 is 1.10 bits per heavy atom. The quantitative estimate of drug-likeness (QED) is 0.523. The van der Waals surface area contributed by atoms with Gasteiger partial charge >= 0.3 is 6.18 Å². The summed E-state index contributed by atoms with van der Waals surface area (Å²) in [6.45, 7) is 6.83. The number of halogens is 3. The van der Waals surface area contributed by atoms with Gasteiger partial charge in [-0.15, -0.1) is 0 Å². The second kappa shape index (κ2) is 10.9. The van der Waals surface area contributed by atoms with E-state index in [1.165, 1.54) is 12.3 Å². The number of anilines is 2.